The number of nitriles is 1. The molecular formula is C18H22N6. The Morgan fingerprint density at radius 2 is 2.46 bits per heavy atom. The molecule has 1 unspecified atom stereocenters. The summed E-state index contributed by atoms with van der Waals surface area (Å²) in [6.07, 6.45) is 9.70. The molecule has 0 spiro atoms. The van der Waals surface area contributed by atoms with Crippen molar-refractivity contribution in [3.8, 4) is 6.07 Å². The minimum absolute atomic E-state index is 0.102. The molecule has 0 radical (unpaired) electrons. The molecule has 6 heteroatoms. The Balaban J connectivity index is 1.81. The van der Waals surface area contributed by atoms with Gasteiger partial charge in [-0.1, -0.05) is 13.5 Å². The van der Waals surface area contributed by atoms with Gasteiger partial charge in [0.15, 0.2) is 0 Å². The fraction of sp³-hybridized carbons (Fsp3) is 0.389. The van der Waals surface area contributed by atoms with Gasteiger partial charge in [0.25, 0.3) is 0 Å². The number of aromatic amines is 1. The third-order valence-corrected chi connectivity index (χ3v) is 4.75. The van der Waals surface area contributed by atoms with Crippen LogP contribution in [0.2, 0.25) is 0 Å². The second kappa shape index (κ2) is 6.75. The molecule has 3 N–H and O–H groups in total. The second-order valence-electron chi connectivity index (χ2n) is 6.47. The Hall–Kier alpha value is -2.81. The molecule has 0 saturated heterocycles. The Morgan fingerprint density at radius 1 is 1.67 bits per heavy atom. The van der Waals surface area contributed by atoms with Gasteiger partial charge in [0.1, 0.15) is 5.82 Å². The Bertz CT molecular complexity index is 772. The number of H-pyrrole nitrogens is 1. The zero-order valence-corrected chi connectivity index (χ0v) is 13.8. The van der Waals surface area contributed by atoms with Crippen LogP contribution in [0.3, 0.4) is 0 Å². The molecule has 2 aromatic rings. The number of nitrogens with zero attached hydrogens (tertiary/aromatic N) is 3. The molecule has 3 rings (SSSR count). The van der Waals surface area contributed by atoms with E-state index in [0.717, 1.165) is 35.7 Å². The molecule has 2 heterocycles. The standard InChI is InChI=1S/C18H22N6/c1-3-21-18-15(5-7-22-18)17(20)14-10-23-24(11-14)16(4-6-19)13-8-12(2)9-13/h3,5,7,10-13,16,20-22H,1,4,8-9H2,2H3. The first-order chi connectivity index (χ1) is 11.6. The summed E-state index contributed by atoms with van der Waals surface area (Å²) in [5, 5.41) is 25.0. The zero-order valence-electron chi connectivity index (χ0n) is 13.8. The fourth-order valence-corrected chi connectivity index (χ4v) is 3.45. The lowest BCUT2D eigenvalue weighted by atomic mass is 9.71. The first-order valence-corrected chi connectivity index (χ1v) is 8.19. The molecule has 2 aromatic heterocycles. The van der Waals surface area contributed by atoms with Crippen LogP contribution in [0.5, 0.6) is 0 Å². The Kier molecular flexibility index (Phi) is 4.52. The predicted molar refractivity (Wildman–Crippen MR) is 93.9 cm³/mol. The van der Waals surface area contributed by atoms with Crippen molar-refractivity contribution in [3.63, 3.8) is 0 Å². The van der Waals surface area contributed by atoms with E-state index in [1.165, 1.54) is 0 Å². The highest BCUT2D eigenvalue weighted by molar-refractivity contribution is 6.13. The second-order valence-corrected chi connectivity index (χ2v) is 6.47. The van der Waals surface area contributed by atoms with Crippen molar-refractivity contribution >= 4 is 11.5 Å². The van der Waals surface area contributed by atoms with Crippen LogP contribution in [0.15, 0.2) is 37.4 Å². The maximum Gasteiger partial charge on any atom is 0.116 e. The number of rotatable bonds is 7. The van der Waals surface area contributed by atoms with Gasteiger partial charge in [0.2, 0.25) is 0 Å². The van der Waals surface area contributed by atoms with E-state index in [4.69, 9.17) is 10.7 Å². The minimum atomic E-state index is 0.102. The van der Waals surface area contributed by atoms with Gasteiger partial charge in [0, 0.05) is 23.5 Å². The van der Waals surface area contributed by atoms with Crippen LogP contribution >= 0.6 is 0 Å². The van der Waals surface area contributed by atoms with E-state index in [-0.39, 0.29) is 6.04 Å². The van der Waals surface area contributed by atoms with Gasteiger partial charge in [0.05, 0.1) is 30.4 Å². The summed E-state index contributed by atoms with van der Waals surface area (Å²) in [5.41, 5.74) is 1.91. The van der Waals surface area contributed by atoms with Gasteiger partial charge in [-0.05, 0) is 36.9 Å². The van der Waals surface area contributed by atoms with Crippen molar-refractivity contribution in [1.29, 1.82) is 10.7 Å². The number of aromatic nitrogens is 3. The van der Waals surface area contributed by atoms with Gasteiger partial charge in [-0.15, -0.1) is 0 Å². The van der Waals surface area contributed by atoms with Crippen LogP contribution in [-0.4, -0.2) is 20.5 Å². The summed E-state index contributed by atoms with van der Waals surface area (Å²) < 4.78 is 1.87. The molecular weight excluding hydrogens is 300 g/mol. The number of hydrogen-bond acceptors (Lipinski definition) is 4. The molecule has 124 valence electrons. The third-order valence-electron chi connectivity index (χ3n) is 4.75. The van der Waals surface area contributed by atoms with Crippen LogP contribution < -0.4 is 5.32 Å². The van der Waals surface area contributed by atoms with Gasteiger partial charge in [-0.2, -0.15) is 10.4 Å². The summed E-state index contributed by atoms with van der Waals surface area (Å²) in [6.45, 7) is 5.89. The molecule has 1 atom stereocenters. The Morgan fingerprint density at radius 3 is 3.12 bits per heavy atom. The van der Waals surface area contributed by atoms with Crippen LogP contribution in [0, 0.1) is 28.6 Å². The normalized spacial score (nSPS) is 20.7. The van der Waals surface area contributed by atoms with Crippen molar-refractivity contribution in [3.05, 3.63) is 48.6 Å². The van der Waals surface area contributed by atoms with Crippen LogP contribution in [0.4, 0.5) is 5.82 Å². The largest absolute Gasteiger partial charge is 0.348 e. The lowest BCUT2D eigenvalue weighted by molar-refractivity contribution is 0.134. The fourth-order valence-electron chi connectivity index (χ4n) is 3.45. The van der Waals surface area contributed by atoms with E-state index in [0.29, 0.717) is 18.1 Å². The number of anilines is 1. The maximum absolute atomic E-state index is 9.14. The summed E-state index contributed by atoms with van der Waals surface area (Å²) in [7, 11) is 0. The highest BCUT2D eigenvalue weighted by Crippen LogP contribution is 2.42. The number of hydrogen-bond donors (Lipinski definition) is 3. The number of nitrogens with one attached hydrogen (secondary N) is 3. The molecule has 0 aromatic carbocycles. The summed E-state index contributed by atoms with van der Waals surface area (Å²) in [4.78, 5) is 3.06. The average Bonchev–Trinajstić information content (AvgIpc) is 3.19. The van der Waals surface area contributed by atoms with Gasteiger partial charge in [-0.25, -0.2) is 0 Å². The predicted octanol–water partition coefficient (Wildman–Crippen LogP) is 3.68. The Labute approximate surface area is 141 Å². The van der Waals surface area contributed by atoms with Crippen molar-refractivity contribution in [2.24, 2.45) is 11.8 Å². The van der Waals surface area contributed by atoms with Crippen molar-refractivity contribution in [1.82, 2.24) is 14.8 Å². The quantitative estimate of drug-likeness (QED) is 0.679. The van der Waals surface area contributed by atoms with Crippen molar-refractivity contribution in [2.45, 2.75) is 32.2 Å². The molecule has 1 fully saturated rings. The topological polar surface area (TPSA) is 93.3 Å². The molecule has 24 heavy (non-hydrogen) atoms. The van der Waals surface area contributed by atoms with Crippen LogP contribution in [0.1, 0.15) is 43.4 Å². The summed E-state index contributed by atoms with van der Waals surface area (Å²) in [6, 6.07) is 4.24. The highest BCUT2D eigenvalue weighted by Gasteiger charge is 2.34. The van der Waals surface area contributed by atoms with E-state index < -0.39 is 0 Å². The minimum Gasteiger partial charge on any atom is -0.348 e. The molecule has 0 amide bonds. The van der Waals surface area contributed by atoms with Gasteiger partial charge < -0.3 is 10.3 Å². The van der Waals surface area contributed by atoms with Gasteiger partial charge >= 0.3 is 0 Å². The lowest BCUT2D eigenvalue weighted by Crippen LogP contribution is -2.30. The van der Waals surface area contributed by atoms with E-state index in [9.17, 15) is 0 Å². The van der Waals surface area contributed by atoms with Crippen LogP contribution in [-0.2, 0) is 0 Å². The monoisotopic (exact) mass is 322 g/mol. The van der Waals surface area contributed by atoms with Crippen LogP contribution in [0.25, 0.3) is 0 Å². The highest BCUT2D eigenvalue weighted by atomic mass is 15.3. The van der Waals surface area contributed by atoms with Crippen molar-refractivity contribution in [2.75, 3.05) is 5.32 Å². The van der Waals surface area contributed by atoms with E-state index in [1.807, 2.05) is 16.9 Å². The zero-order chi connectivity index (χ0) is 17.1. The molecule has 1 aliphatic carbocycles. The molecule has 0 bridgehead atoms. The maximum atomic E-state index is 9.14. The molecule has 1 aliphatic rings. The summed E-state index contributed by atoms with van der Waals surface area (Å²) in [5.74, 6) is 1.98. The first kappa shape index (κ1) is 16.1. The van der Waals surface area contributed by atoms with Gasteiger partial charge in [-0.3, -0.25) is 10.1 Å². The average molecular weight is 322 g/mol. The van der Waals surface area contributed by atoms with E-state index in [1.54, 1.807) is 18.6 Å². The van der Waals surface area contributed by atoms with E-state index in [2.05, 4.69) is 35.0 Å². The molecule has 0 aliphatic heterocycles. The van der Waals surface area contributed by atoms with E-state index >= 15 is 0 Å². The third kappa shape index (κ3) is 2.98. The molecule has 1 saturated carbocycles. The molecule has 6 nitrogen and oxygen atoms in total. The van der Waals surface area contributed by atoms with Crippen molar-refractivity contribution < 1.29 is 0 Å². The SMILES string of the molecule is C=CNc1[nH]ccc1C(=N)c1cnn(C(CC#N)C2CC(C)C2)c1. The first-order valence-electron chi connectivity index (χ1n) is 8.19. The smallest absolute Gasteiger partial charge is 0.116 e. The summed E-state index contributed by atoms with van der Waals surface area (Å²) >= 11 is 0. The lowest BCUT2D eigenvalue weighted by Gasteiger charge is -2.37.